The van der Waals surface area contributed by atoms with Crippen LogP contribution in [0.25, 0.3) is 0 Å². The predicted molar refractivity (Wildman–Crippen MR) is 70.5 cm³/mol. The molecule has 18 heavy (non-hydrogen) atoms. The largest absolute Gasteiger partial charge is 0.341 e. The number of rotatable bonds is 7. The normalized spacial score (nSPS) is 18.0. The molecule has 1 amide bonds. The maximum absolute atomic E-state index is 11.9. The van der Waals surface area contributed by atoms with Crippen molar-refractivity contribution in [2.75, 3.05) is 25.4 Å². The van der Waals surface area contributed by atoms with Crippen molar-refractivity contribution in [1.29, 1.82) is 0 Å². The molecule has 6 nitrogen and oxygen atoms in total. The highest BCUT2D eigenvalue weighted by Crippen LogP contribution is 2.09. The van der Waals surface area contributed by atoms with E-state index in [4.69, 9.17) is 5.73 Å². The van der Waals surface area contributed by atoms with E-state index < -0.39 is 16.1 Å². The van der Waals surface area contributed by atoms with E-state index in [0.29, 0.717) is 19.4 Å². The molecule has 3 N–H and O–H groups in total. The van der Waals surface area contributed by atoms with Gasteiger partial charge in [0, 0.05) is 13.1 Å². The molecule has 0 aromatic heterocycles. The van der Waals surface area contributed by atoms with Gasteiger partial charge in [-0.1, -0.05) is 0 Å². The number of nitrogens with two attached hydrogens (primary N) is 1. The first kappa shape index (κ1) is 15.4. The third kappa shape index (κ3) is 4.91. The van der Waals surface area contributed by atoms with E-state index in [0.717, 1.165) is 25.9 Å². The predicted octanol–water partition coefficient (Wildman–Crippen LogP) is -0.344. The summed E-state index contributed by atoms with van der Waals surface area (Å²) in [6.07, 6.45) is 3.20. The van der Waals surface area contributed by atoms with Gasteiger partial charge in [-0.2, -0.15) is 0 Å². The van der Waals surface area contributed by atoms with E-state index in [1.165, 1.54) is 0 Å². The number of sulfonamides is 1. The fourth-order valence-electron chi connectivity index (χ4n) is 2.03. The van der Waals surface area contributed by atoms with Crippen molar-refractivity contribution >= 4 is 15.9 Å². The Bertz CT molecular complexity index is 364. The van der Waals surface area contributed by atoms with Gasteiger partial charge in [0.25, 0.3) is 0 Å². The average Bonchev–Trinajstić information content (AvgIpc) is 2.80. The molecule has 0 radical (unpaired) electrons. The van der Waals surface area contributed by atoms with Crippen LogP contribution >= 0.6 is 0 Å². The first-order chi connectivity index (χ1) is 8.46. The van der Waals surface area contributed by atoms with Crippen molar-refractivity contribution in [1.82, 2.24) is 9.62 Å². The molecule has 7 heteroatoms. The lowest BCUT2D eigenvalue weighted by molar-refractivity contribution is -0.131. The minimum Gasteiger partial charge on any atom is -0.341 e. The number of carbonyl (C=O) groups excluding carboxylic acids is 1. The zero-order valence-electron chi connectivity index (χ0n) is 10.9. The van der Waals surface area contributed by atoms with Crippen LogP contribution in [0.1, 0.15) is 32.6 Å². The lowest BCUT2D eigenvalue weighted by Gasteiger charge is -2.21. The number of nitrogens with zero attached hydrogens (tertiary/aromatic N) is 1. The average molecular weight is 277 g/mol. The lowest BCUT2D eigenvalue weighted by atomic mass is 10.3. The molecule has 0 aliphatic carbocycles. The molecule has 0 bridgehead atoms. The topological polar surface area (TPSA) is 92.5 Å². The molecule has 0 aromatic carbocycles. The summed E-state index contributed by atoms with van der Waals surface area (Å²) < 4.78 is 25.9. The molecule has 0 saturated carbocycles. The Morgan fingerprint density at radius 2 is 1.94 bits per heavy atom. The molecule has 0 spiro atoms. The van der Waals surface area contributed by atoms with E-state index >= 15 is 0 Å². The Morgan fingerprint density at radius 3 is 2.50 bits per heavy atom. The van der Waals surface area contributed by atoms with Gasteiger partial charge in [-0.25, -0.2) is 13.1 Å². The summed E-state index contributed by atoms with van der Waals surface area (Å²) in [6.45, 7) is 3.55. The van der Waals surface area contributed by atoms with Gasteiger partial charge < -0.3 is 10.6 Å². The fourth-order valence-corrected chi connectivity index (χ4v) is 3.37. The van der Waals surface area contributed by atoms with Crippen LogP contribution in [0.2, 0.25) is 0 Å². The molecule has 1 unspecified atom stereocenters. The summed E-state index contributed by atoms with van der Waals surface area (Å²) in [5.41, 5.74) is 5.31. The first-order valence-corrected chi connectivity index (χ1v) is 8.10. The Labute approximate surface area is 109 Å². The number of amides is 1. The second-order valence-electron chi connectivity index (χ2n) is 4.69. The van der Waals surface area contributed by atoms with Gasteiger partial charge in [0.05, 0.1) is 11.8 Å². The molecule has 1 saturated heterocycles. The summed E-state index contributed by atoms with van der Waals surface area (Å²) in [5.74, 6) is -0.100. The van der Waals surface area contributed by atoms with Gasteiger partial charge in [-0.3, -0.25) is 4.79 Å². The highest BCUT2D eigenvalue weighted by Gasteiger charge is 2.26. The van der Waals surface area contributed by atoms with Crippen LogP contribution < -0.4 is 10.5 Å². The van der Waals surface area contributed by atoms with E-state index in [2.05, 4.69) is 4.72 Å². The Kier molecular flexibility index (Phi) is 6.04. The number of likely N-dealkylation sites (tertiary alicyclic amines) is 1. The van der Waals surface area contributed by atoms with Crippen molar-refractivity contribution in [3.8, 4) is 0 Å². The molecule has 0 aromatic rings. The van der Waals surface area contributed by atoms with Gasteiger partial charge in [-0.05, 0) is 39.2 Å². The second-order valence-corrected chi connectivity index (χ2v) is 6.56. The van der Waals surface area contributed by atoms with Crippen LogP contribution in [0.3, 0.4) is 0 Å². The van der Waals surface area contributed by atoms with E-state index in [1.54, 1.807) is 11.8 Å². The molecule has 1 atom stereocenters. The lowest BCUT2D eigenvalue weighted by Crippen LogP contribution is -2.46. The second kappa shape index (κ2) is 7.06. The minimum atomic E-state index is -3.38. The maximum Gasteiger partial charge on any atom is 0.240 e. The third-order valence-corrected chi connectivity index (χ3v) is 4.55. The van der Waals surface area contributed by atoms with Crippen molar-refractivity contribution in [2.45, 2.75) is 38.6 Å². The summed E-state index contributed by atoms with van der Waals surface area (Å²) in [7, 11) is -3.38. The summed E-state index contributed by atoms with van der Waals surface area (Å²) in [5, 5.41) is 0. The van der Waals surface area contributed by atoms with E-state index in [-0.39, 0.29) is 11.7 Å². The third-order valence-electron chi connectivity index (χ3n) is 3.01. The molecule has 106 valence electrons. The van der Waals surface area contributed by atoms with Gasteiger partial charge in [0.1, 0.15) is 0 Å². The van der Waals surface area contributed by atoms with Gasteiger partial charge in [0.15, 0.2) is 0 Å². The molecular weight excluding hydrogens is 254 g/mol. The summed E-state index contributed by atoms with van der Waals surface area (Å²) >= 11 is 0. The van der Waals surface area contributed by atoms with Crippen molar-refractivity contribution in [2.24, 2.45) is 5.73 Å². The van der Waals surface area contributed by atoms with Crippen LogP contribution in [0, 0.1) is 0 Å². The highest BCUT2D eigenvalue weighted by atomic mass is 32.2. The van der Waals surface area contributed by atoms with E-state index in [9.17, 15) is 13.2 Å². The quantitative estimate of drug-likeness (QED) is 0.622. The van der Waals surface area contributed by atoms with Gasteiger partial charge in [0.2, 0.25) is 15.9 Å². The molecule has 1 aliphatic heterocycles. The Hall–Kier alpha value is -0.660. The van der Waals surface area contributed by atoms with Crippen LogP contribution in [-0.4, -0.2) is 50.7 Å². The molecule has 1 aliphatic rings. The van der Waals surface area contributed by atoms with Crippen LogP contribution in [-0.2, 0) is 14.8 Å². The summed E-state index contributed by atoms with van der Waals surface area (Å²) in [4.78, 5) is 13.6. The molecule has 1 rings (SSSR count). The molecule has 1 heterocycles. The smallest absolute Gasteiger partial charge is 0.240 e. The van der Waals surface area contributed by atoms with Crippen molar-refractivity contribution in [3.63, 3.8) is 0 Å². The number of nitrogens with one attached hydrogen (secondary N) is 1. The van der Waals surface area contributed by atoms with Crippen LogP contribution in [0.4, 0.5) is 0 Å². The number of hydrogen-bond donors (Lipinski definition) is 2. The van der Waals surface area contributed by atoms with Crippen LogP contribution in [0.15, 0.2) is 0 Å². The number of unbranched alkanes of at least 4 members (excludes halogenated alkanes) is 1. The number of carbonyl (C=O) groups is 1. The Morgan fingerprint density at radius 1 is 1.33 bits per heavy atom. The monoisotopic (exact) mass is 277 g/mol. The standard InChI is InChI=1S/C11H23N3O3S/c1-10(11(15)14-7-3-4-8-14)13-18(16,17)9-5-2-6-12/h10,13H,2-9,12H2,1H3. The van der Waals surface area contributed by atoms with Crippen molar-refractivity contribution in [3.05, 3.63) is 0 Å². The van der Waals surface area contributed by atoms with Gasteiger partial charge >= 0.3 is 0 Å². The Balaban J connectivity index is 2.42. The minimum absolute atomic E-state index is 0.0296. The highest BCUT2D eigenvalue weighted by molar-refractivity contribution is 7.89. The van der Waals surface area contributed by atoms with E-state index in [1.807, 2.05) is 0 Å². The number of hydrogen-bond acceptors (Lipinski definition) is 4. The zero-order valence-corrected chi connectivity index (χ0v) is 11.7. The molecule has 1 fully saturated rings. The zero-order chi connectivity index (χ0) is 13.6. The van der Waals surface area contributed by atoms with Crippen LogP contribution in [0.5, 0.6) is 0 Å². The SMILES string of the molecule is CC(NS(=O)(=O)CCCCN)C(=O)N1CCCC1. The van der Waals surface area contributed by atoms with Gasteiger partial charge in [-0.15, -0.1) is 0 Å². The maximum atomic E-state index is 11.9. The fraction of sp³-hybridized carbons (Fsp3) is 0.909. The summed E-state index contributed by atoms with van der Waals surface area (Å²) in [6, 6.07) is -0.675. The molecular formula is C11H23N3O3S. The van der Waals surface area contributed by atoms with Crippen molar-refractivity contribution < 1.29 is 13.2 Å². The first-order valence-electron chi connectivity index (χ1n) is 6.45.